The van der Waals surface area contributed by atoms with E-state index in [0.29, 0.717) is 17.1 Å². The third kappa shape index (κ3) is 4.08. The molecular weight excluding hydrogens is 227 g/mol. The summed E-state index contributed by atoms with van der Waals surface area (Å²) in [5.74, 6) is -0.198. The van der Waals surface area contributed by atoms with Crippen LogP contribution in [0, 0.1) is 12.7 Å². The van der Waals surface area contributed by atoms with Crippen LogP contribution in [0.2, 0.25) is 5.02 Å². The minimum absolute atomic E-state index is 0.198. The zero-order valence-corrected chi connectivity index (χ0v) is 10.5. The average molecular weight is 245 g/mol. The topological polar surface area (TPSA) is 24.1 Å². The molecule has 16 heavy (non-hydrogen) atoms. The van der Waals surface area contributed by atoms with Gasteiger partial charge < -0.3 is 10.6 Å². The van der Waals surface area contributed by atoms with Crippen molar-refractivity contribution in [2.75, 3.05) is 20.1 Å². The Labute approximate surface area is 101 Å². The predicted molar refractivity (Wildman–Crippen MR) is 66.4 cm³/mol. The summed E-state index contributed by atoms with van der Waals surface area (Å²) in [6.45, 7) is 4.20. The quantitative estimate of drug-likeness (QED) is 0.752. The molecule has 0 atom stereocenters. The van der Waals surface area contributed by atoms with Gasteiger partial charge in [-0.1, -0.05) is 11.6 Å². The highest BCUT2D eigenvalue weighted by atomic mass is 35.5. The van der Waals surface area contributed by atoms with Crippen molar-refractivity contribution >= 4 is 11.6 Å². The second-order valence-corrected chi connectivity index (χ2v) is 4.23. The van der Waals surface area contributed by atoms with E-state index in [1.54, 1.807) is 13.0 Å². The summed E-state index contributed by atoms with van der Waals surface area (Å²) in [6.07, 6.45) is 1.04. The first-order valence-electron chi connectivity index (χ1n) is 5.45. The van der Waals surface area contributed by atoms with Gasteiger partial charge in [-0.3, -0.25) is 0 Å². The molecule has 0 aromatic heterocycles. The molecule has 0 heterocycles. The Morgan fingerprint density at radius 1 is 1.31 bits per heavy atom. The van der Waals surface area contributed by atoms with Crippen molar-refractivity contribution in [3.8, 4) is 0 Å². The molecule has 0 bridgehead atoms. The summed E-state index contributed by atoms with van der Waals surface area (Å²) in [5.41, 5.74) is 1.40. The summed E-state index contributed by atoms with van der Waals surface area (Å²) in [5, 5.41) is 6.93. The zero-order valence-electron chi connectivity index (χ0n) is 9.74. The zero-order chi connectivity index (χ0) is 12.0. The number of hydrogen-bond acceptors (Lipinski definition) is 2. The molecule has 0 fully saturated rings. The largest absolute Gasteiger partial charge is 0.320 e. The van der Waals surface area contributed by atoms with E-state index >= 15 is 0 Å². The SMILES string of the molecule is CNCCCNCc1cc(F)c(C)cc1Cl. The van der Waals surface area contributed by atoms with E-state index in [-0.39, 0.29) is 5.82 Å². The number of nitrogens with one attached hydrogen (secondary N) is 2. The fourth-order valence-electron chi connectivity index (χ4n) is 1.44. The molecule has 0 spiro atoms. The number of rotatable bonds is 6. The predicted octanol–water partition coefficient (Wildman–Crippen LogP) is 2.49. The Balaban J connectivity index is 2.45. The van der Waals surface area contributed by atoms with Crippen molar-refractivity contribution in [1.82, 2.24) is 10.6 Å². The summed E-state index contributed by atoms with van der Waals surface area (Å²) in [7, 11) is 1.92. The molecule has 0 aliphatic rings. The van der Waals surface area contributed by atoms with E-state index in [4.69, 9.17) is 11.6 Å². The van der Waals surface area contributed by atoms with Crippen LogP contribution in [0.5, 0.6) is 0 Å². The fraction of sp³-hybridized carbons (Fsp3) is 0.500. The first-order valence-corrected chi connectivity index (χ1v) is 5.82. The first-order chi connectivity index (χ1) is 7.65. The molecule has 0 aliphatic carbocycles. The molecule has 0 unspecified atom stereocenters. The van der Waals surface area contributed by atoms with Gasteiger partial charge in [0.05, 0.1) is 0 Å². The molecule has 1 aromatic rings. The fourth-order valence-corrected chi connectivity index (χ4v) is 1.72. The van der Waals surface area contributed by atoms with E-state index in [9.17, 15) is 4.39 Å². The minimum Gasteiger partial charge on any atom is -0.320 e. The number of aryl methyl sites for hydroxylation is 1. The van der Waals surface area contributed by atoms with Crippen LogP contribution in [0.15, 0.2) is 12.1 Å². The van der Waals surface area contributed by atoms with E-state index in [1.807, 2.05) is 7.05 Å². The molecule has 0 aliphatic heterocycles. The summed E-state index contributed by atoms with van der Waals surface area (Å²) < 4.78 is 13.3. The van der Waals surface area contributed by atoms with Crippen LogP contribution in [0.1, 0.15) is 17.5 Å². The van der Waals surface area contributed by atoms with Crippen molar-refractivity contribution in [2.24, 2.45) is 0 Å². The Morgan fingerprint density at radius 3 is 2.75 bits per heavy atom. The van der Waals surface area contributed by atoms with Gasteiger partial charge in [-0.15, -0.1) is 0 Å². The molecule has 4 heteroatoms. The van der Waals surface area contributed by atoms with Crippen LogP contribution < -0.4 is 10.6 Å². The average Bonchev–Trinajstić information content (AvgIpc) is 2.25. The van der Waals surface area contributed by atoms with Crippen LogP contribution in [-0.4, -0.2) is 20.1 Å². The molecule has 0 saturated carbocycles. The molecule has 0 saturated heterocycles. The number of halogens is 2. The Kier molecular flexibility index (Phi) is 5.74. The van der Waals surface area contributed by atoms with Crippen molar-refractivity contribution in [3.05, 3.63) is 34.1 Å². The summed E-state index contributed by atoms with van der Waals surface area (Å²) in [6, 6.07) is 3.17. The van der Waals surface area contributed by atoms with Gasteiger partial charge >= 0.3 is 0 Å². The normalized spacial score (nSPS) is 10.8. The van der Waals surface area contributed by atoms with E-state index in [0.717, 1.165) is 25.1 Å². The molecule has 1 rings (SSSR count). The summed E-state index contributed by atoms with van der Waals surface area (Å²) >= 11 is 6.02. The second-order valence-electron chi connectivity index (χ2n) is 3.83. The van der Waals surface area contributed by atoms with Crippen LogP contribution in [0.3, 0.4) is 0 Å². The Hall–Kier alpha value is -0.640. The van der Waals surface area contributed by atoms with Crippen molar-refractivity contribution in [3.63, 3.8) is 0 Å². The van der Waals surface area contributed by atoms with E-state index < -0.39 is 0 Å². The lowest BCUT2D eigenvalue weighted by Gasteiger charge is -2.08. The van der Waals surface area contributed by atoms with Crippen LogP contribution >= 0.6 is 11.6 Å². The Morgan fingerprint density at radius 2 is 2.06 bits per heavy atom. The number of benzene rings is 1. The van der Waals surface area contributed by atoms with Crippen molar-refractivity contribution in [1.29, 1.82) is 0 Å². The molecule has 2 nitrogen and oxygen atoms in total. The molecule has 0 radical (unpaired) electrons. The molecular formula is C12H18ClFN2. The van der Waals surface area contributed by atoms with Gasteiger partial charge in [0.1, 0.15) is 5.82 Å². The summed E-state index contributed by atoms with van der Waals surface area (Å²) in [4.78, 5) is 0. The standard InChI is InChI=1S/C12H18ClFN2/c1-9-6-11(13)10(7-12(9)14)8-16-5-3-4-15-2/h6-7,15-16H,3-5,8H2,1-2H3. The molecule has 0 amide bonds. The number of hydrogen-bond donors (Lipinski definition) is 2. The highest BCUT2D eigenvalue weighted by Gasteiger charge is 2.05. The van der Waals surface area contributed by atoms with E-state index in [2.05, 4.69) is 10.6 Å². The van der Waals surface area contributed by atoms with Crippen molar-refractivity contribution in [2.45, 2.75) is 19.9 Å². The maximum absolute atomic E-state index is 13.3. The lowest BCUT2D eigenvalue weighted by atomic mass is 10.1. The van der Waals surface area contributed by atoms with Crippen LogP contribution in [0.25, 0.3) is 0 Å². The minimum atomic E-state index is -0.198. The van der Waals surface area contributed by atoms with Crippen molar-refractivity contribution < 1.29 is 4.39 Å². The van der Waals surface area contributed by atoms with Gasteiger partial charge in [-0.25, -0.2) is 4.39 Å². The highest BCUT2D eigenvalue weighted by Crippen LogP contribution is 2.20. The monoisotopic (exact) mass is 244 g/mol. The Bertz CT molecular complexity index is 342. The maximum atomic E-state index is 13.3. The van der Waals surface area contributed by atoms with Gasteiger partial charge in [-0.05, 0) is 56.7 Å². The maximum Gasteiger partial charge on any atom is 0.126 e. The smallest absolute Gasteiger partial charge is 0.126 e. The first kappa shape index (κ1) is 13.4. The van der Waals surface area contributed by atoms with Crippen LogP contribution in [-0.2, 0) is 6.54 Å². The highest BCUT2D eigenvalue weighted by molar-refractivity contribution is 6.31. The molecule has 2 N–H and O–H groups in total. The van der Waals surface area contributed by atoms with E-state index in [1.165, 1.54) is 6.07 Å². The van der Waals surface area contributed by atoms with Crippen LogP contribution in [0.4, 0.5) is 4.39 Å². The van der Waals surface area contributed by atoms with Gasteiger partial charge in [0.15, 0.2) is 0 Å². The second kappa shape index (κ2) is 6.84. The third-order valence-electron chi connectivity index (χ3n) is 2.42. The van der Waals surface area contributed by atoms with Gasteiger partial charge in [0.2, 0.25) is 0 Å². The van der Waals surface area contributed by atoms with Gasteiger partial charge in [0.25, 0.3) is 0 Å². The lowest BCUT2D eigenvalue weighted by molar-refractivity contribution is 0.604. The molecule has 1 aromatic carbocycles. The lowest BCUT2D eigenvalue weighted by Crippen LogP contribution is -2.19. The van der Waals surface area contributed by atoms with Gasteiger partial charge in [-0.2, -0.15) is 0 Å². The van der Waals surface area contributed by atoms with Gasteiger partial charge in [0, 0.05) is 11.6 Å². The third-order valence-corrected chi connectivity index (χ3v) is 2.78. The molecule has 90 valence electrons.